The number of fused-ring (bicyclic) bond motifs is 1. The maximum absolute atomic E-state index is 13.4. The molecule has 2 amide bonds. The van der Waals surface area contributed by atoms with Gasteiger partial charge >= 0.3 is 6.03 Å². The van der Waals surface area contributed by atoms with Crippen molar-refractivity contribution in [1.82, 2.24) is 30.2 Å². The van der Waals surface area contributed by atoms with E-state index in [9.17, 15) is 9.36 Å². The summed E-state index contributed by atoms with van der Waals surface area (Å²) in [4.78, 5) is 35.2. The molecule has 0 bridgehead atoms. The van der Waals surface area contributed by atoms with Crippen molar-refractivity contribution in [3.8, 4) is 5.75 Å². The van der Waals surface area contributed by atoms with Crippen LogP contribution in [0.4, 0.5) is 33.6 Å². The van der Waals surface area contributed by atoms with Crippen molar-refractivity contribution in [3.63, 3.8) is 0 Å². The van der Waals surface area contributed by atoms with Crippen molar-refractivity contribution in [3.05, 3.63) is 52.9 Å². The Hall–Kier alpha value is -3.96. The number of carbonyl (C=O) groups is 1. The minimum atomic E-state index is -2.75. The summed E-state index contributed by atoms with van der Waals surface area (Å²) in [6.45, 7) is 8.92. The zero-order chi connectivity index (χ0) is 33.1. The molecule has 0 radical (unpaired) electrons. The van der Waals surface area contributed by atoms with E-state index in [2.05, 4.69) is 70.8 Å². The van der Waals surface area contributed by atoms with Crippen LogP contribution in [0.1, 0.15) is 38.2 Å². The number of hydrogen-bond donors (Lipinski definition) is 3. The molecule has 2 saturated heterocycles. The number of aromatic nitrogens is 4. The molecule has 0 spiro atoms. The Morgan fingerprint density at radius 3 is 2.57 bits per heavy atom. The highest BCUT2D eigenvalue weighted by Gasteiger charge is 2.30. The van der Waals surface area contributed by atoms with Gasteiger partial charge in [-0.25, -0.2) is 9.78 Å². The third-order valence-corrected chi connectivity index (χ3v) is 10.9. The molecule has 6 rings (SSSR count). The van der Waals surface area contributed by atoms with E-state index >= 15 is 0 Å². The molecule has 0 saturated carbocycles. The number of aryl methyl sites for hydroxylation is 1. The average Bonchev–Trinajstić information content (AvgIpc) is 3.29. The molecule has 0 unspecified atom stereocenters. The minimum Gasteiger partial charge on any atom is -0.494 e. The maximum Gasteiger partial charge on any atom is 0.317 e. The van der Waals surface area contributed by atoms with Crippen molar-refractivity contribution in [1.29, 1.82) is 0 Å². The van der Waals surface area contributed by atoms with E-state index in [1.54, 1.807) is 39.0 Å². The summed E-state index contributed by atoms with van der Waals surface area (Å²) in [6.07, 6.45) is 9.67. The monoisotopic (exact) mass is 721 g/mol. The fraction of sp³-hybridized carbons (Fsp3) is 0.424. The standard InChI is InChI=1S/C33H41BrN9O3P/c1-5-21-18-26(28(46-2)19-27(21)42-16-10-22(11-17-42)43-15-7-6-12-37-33(43)44)40-32-38-20-23(34)31(41-32)39-25-9-8-24-29(36-14-13-35-24)30(25)47(3,4)45/h8-9,13-14,18-20,22H,5-7,10-12,15-17H2,1-4H3,(H,37,44)(H2,38,39,40,41). The van der Waals surface area contributed by atoms with E-state index in [1.165, 1.54) is 5.56 Å². The molecule has 12 nitrogen and oxygen atoms in total. The molecule has 4 heterocycles. The van der Waals surface area contributed by atoms with E-state index in [1.807, 2.05) is 17.0 Å². The van der Waals surface area contributed by atoms with Crippen LogP contribution in [0.15, 0.2) is 47.3 Å². The lowest BCUT2D eigenvalue weighted by Crippen LogP contribution is -2.50. The lowest BCUT2D eigenvalue weighted by Gasteiger charge is -2.39. The number of amides is 2. The summed E-state index contributed by atoms with van der Waals surface area (Å²) >= 11 is 3.57. The first-order valence-electron chi connectivity index (χ1n) is 16.0. The lowest BCUT2D eigenvalue weighted by molar-refractivity contribution is 0.167. The van der Waals surface area contributed by atoms with Gasteiger partial charge in [0, 0.05) is 62.6 Å². The second-order valence-corrected chi connectivity index (χ2v) is 16.3. The average molecular weight is 723 g/mol. The molecule has 2 aromatic heterocycles. The van der Waals surface area contributed by atoms with Gasteiger partial charge in [0.05, 0.1) is 33.8 Å². The van der Waals surface area contributed by atoms with Crippen LogP contribution in [0.25, 0.3) is 11.0 Å². The predicted octanol–water partition coefficient (Wildman–Crippen LogP) is 6.26. The third-order valence-electron chi connectivity index (χ3n) is 8.79. The van der Waals surface area contributed by atoms with Crippen LogP contribution in [-0.4, -0.2) is 83.5 Å². The van der Waals surface area contributed by atoms with Gasteiger partial charge in [0.15, 0.2) is 0 Å². The summed E-state index contributed by atoms with van der Waals surface area (Å²) in [5.74, 6) is 1.56. The number of methoxy groups -OCH3 is 1. The molecule has 0 atom stereocenters. The molecule has 47 heavy (non-hydrogen) atoms. The summed E-state index contributed by atoms with van der Waals surface area (Å²) in [5.41, 5.74) is 5.00. The molecule has 2 aromatic carbocycles. The van der Waals surface area contributed by atoms with Crippen molar-refractivity contribution >= 4 is 74.3 Å². The molecule has 0 aliphatic carbocycles. The highest BCUT2D eigenvalue weighted by atomic mass is 79.9. The van der Waals surface area contributed by atoms with Crippen LogP contribution in [0.5, 0.6) is 5.75 Å². The van der Waals surface area contributed by atoms with E-state index in [4.69, 9.17) is 9.72 Å². The van der Waals surface area contributed by atoms with Gasteiger partial charge in [-0.3, -0.25) is 9.97 Å². The molecule has 2 aliphatic heterocycles. The molecule has 14 heteroatoms. The van der Waals surface area contributed by atoms with E-state index in [0.29, 0.717) is 44.0 Å². The predicted molar refractivity (Wildman–Crippen MR) is 192 cm³/mol. The third kappa shape index (κ3) is 7.16. The SMILES string of the molecule is CCc1cc(Nc2ncc(Br)c(Nc3ccc4nccnc4c3P(C)(C)=O)n2)c(OC)cc1N1CCC(N2CCCCNC2=O)CC1. The molecular weight excluding hydrogens is 681 g/mol. The van der Waals surface area contributed by atoms with E-state index in [0.717, 1.165) is 69.7 Å². The van der Waals surface area contributed by atoms with Gasteiger partial charge < -0.3 is 35.1 Å². The molecule has 2 aliphatic rings. The van der Waals surface area contributed by atoms with Crippen LogP contribution in [0, 0.1) is 0 Å². The topological polar surface area (TPSA) is 138 Å². The summed E-state index contributed by atoms with van der Waals surface area (Å²) in [6, 6.07) is 8.23. The number of nitrogens with one attached hydrogen (secondary N) is 3. The molecule has 3 N–H and O–H groups in total. The van der Waals surface area contributed by atoms with Gasteiger partial charge in [-0.05, 0) is 85.1 Å². The highest BCUT2D eigenvalue weighted by Crippen LogP contribution is 2.42. The van der Waals surface area contributed by atoms with Gasteiger partial charge in [-0.1, -0.05) is 6.92 Å². The Morgan fingerprint density at radius 2 is 1.83 bits per heavy atom. The normalized spacial score (nSPS) is 16.1. The van der Waals surface area contributed by atoms with Gasteiger partial charge in [-0.15, -0.1) is 0 Å². The first-order valence-corrected chi connectivity index (χ1v) is 19.4. The molecule has 2 fully saturated rings. The van der Waals surface area contributed by atoms with Gasteiger partial charge in [0.25, 0.3) is 0 Å². The number of nitrogens with zero attached hydrogens (tertiary/aromatic N) is 6. The number of benzene rings is 2. The number of carbonyl (C=O) groups excluding carboxylic acids is 1. The smallest absolute Gasteiger partial charge is 0.317 e. The fourth-order valence-electron chi connectivity index (χ4n) is 6.46. The van der Waals surface area contributed by atoms with Crippen molar-refractivity contribution < 1.29 is 14.1 Å². The van der Waals surface area contributed by atoms with Crippen LogP contribution >= 0.6 is 23.1 Å². The lowest BCUT2D eigenvalue weighted by atomic mass is 10.00. The molecule has 248 valence electrons. The maximum atomic E-state index is 13.4. The zero-order valence-corrected chi connectivity index (χ0v) is 29.7. The van der Waals surface area contributed by atoms with Gasteiger partial charge in [-0.2, -0.15) is 4.98 Å². The number of piperidine rings is 1. The van der Waals surface area contributed by atoms with Crippen LogP contribution in [-0.2, 0) is 11.0 Å². The first kappa shape index (κ1) is 33.0. The number of ether oxygens (including phenoxy) is 1. The second-order valence-electron chi connectivity index (χ2n) is 12.3. The van der Waals surface area contributed by atoms with Crippen molar-refractivity contribution in [2.24, 2.45) is 0 Å². The van der Waals surface area contributed by atoms with Crippen LogP contribution in [0.2, 0.25) is 0 Å². The fourth-order valence-corrected chi connectivity index (χ4v) is 8.14. The van der Waals surface area contributed by atoms with Gasteiger partial charge in [0.2, 0.25) is 5.95 Å². The molecular formula is C33H41BrN9O3P. The van der Waals surface area contributed by atoms with Crippen molar-refractivity contribution in [2.75, 3.05) is 62.2 Å². The number of hydrogen-bond acceptors (Lipinski definition) is 10. The Bertz CT molecular complexity index is 1830. The minimum absolute atomic E-state index is 0.0727. The number of urea groups is 1. The van der Waals surface area contributed by atoms with Crippen LogP contribution in [0.3, 0.4) is 0 Å². The second kappa shape index (κ2) is 14.0. The Balaban J connectivity index is 1.23. The van der Waals surface area contributed by atoms with E-state index in [-0.39, 0.29) is 12.1 Å². The Kier molecular flexibility index (Phi) is 9.84. The quantitative estimate of drug-likeness (QED) is 0.170. The summed E-state index contributed by atoms with van der Waals surface area (Å²) in [7, 11) is -1.09. The molecule has 4 aromatic rings. The Labute approximate surface area is 283 Å². The number of anilines is 5. The summed E-state index contributed by atoms with van der Waals surface area (Å²) in [5, 5.41) is 10.4. The highest BCUT2D eigenvalue weighted by molar-refractivity contribution is 9.10. The zero-order valence-electron chi connectivity index (χ0n) is 27.2. The summed E-state index contributed by atoms with van der Waals surface area (Å²) < 4.78 is 19.9. The Morgan fingerprint density at radius 1 is 1.04 bits per heavy atom. The van der Waals surface area contributed by atoms with Crippen molar-refractivity contribution in [2.45, 2.75) is 45.1 Å². The number of rotatable bonds is 9. The number of halogens is 1. The largest absolute Gasteiger partial charge is 0.494 e. The van der Waals surface area contributed by atoms with Crippen LogP contribution < -0.4 is 30.9 Å². The first-order chi connectivity index (χ1) is 22.7. The van der Waals surface area contributed by atoms with E-state index < -0.39 is 7.14 Å². The van der Waals surface area contributed by atoms with Gasteiger partial charge in [0.1, 0.15) is 24.2 Å².